The lowest BCUT2D eigenvalue weighted by Gasteiger charge is -2.19. The lowest BCUT2D eigenvalue weighted by Crippen LogP contribution is -2.19. The van der Waals surface area contributed by atoms with E-state index in [9.17, 15) is 0 Å². The zero-order chi connectivity index (χ0) is 17.5. The van der Waals surface area contributed by atoms with Crippen LogP contribution in [0.2, 0.25) is 0 Å². The molecule has 0 fully saturated rings. The molecule has 0 aliphatic carbocycles. The number of para-hydroxylation sites is 1. The van der Waals surface area contributed by atoms with Crippen molar-refractivity contribution in [3.63, 3.8) is 0 Å². The SMILES string of the molecule is COc1ccc(OC)c([C@@H](C)NCc2cccc(OC)c2OC)c1. The van der Waals surface area contributed by atoms with Gasteiger partial charge in [0.05, 0.1) is 28.4 Å². The number of hydrogen-bond acceptors (Lipinski definition) is 5. The molecule has 0 aromatic heterocycles. The Morgan fingerprint density at radius 1 is 0.875 bits per heavy atom. The molecule has 5 heteroatoms. The third-order valence-corrected chi connectivity index (χ3v) is 3.99. The highest BCUT2D eigenvalue weighted by Crippen LogP contribution is 2.32. The zero-order valence-electron chi connectivity index (χ0n) is 14.9. The molecule has 0 heterocycles. The Morgan fingerprint density at radius 2 is 1.62 bits per heavy atom. The van der Waals surface area contributed by atoms with Gasteiger partial charge in [0.2, 0.25) is 0 Å². The number of hydrogen-bond donors (Lipinski definition) is 1. The maximum Gasteiger partial charge on any atom is 0.165 e. The van der Waals surface area contributed by atoms with E-state index < -0.39 is 0 Å². The zero-order valence-corrected chi connectivity index (χ0v) is 14.9. The van der Waals surface area contributed by atoms with E-state index in [0.717, 1.165) is 34.1 Å². The number of rotatable bonds is 8. The van der Waals surface area contributed by atoms with Crippen LogP contribution in [-0.4, -0.2) is 28.4 Å². The summed E-state index contributed by atoms with van der Waals surface area (Å²) in [6.45, 7) is 2.73. The van der Waals surface area contributed by atoms with E-state index in [1.807, 2.05) is 36.4 Å². The largest absolute Gasteiger partial charge is 0.497 e. The number of nitrogens with one attached hydrogen (secondary N) is 1. The summed E-state index contributed by atoms with van der Waals surface area (Å²) in [6, 6.07) is 11.7. The molecule has 0 spiro atoms. The van der Waals surface area contributed by atoms with Crippen molar-refractivity contribution >= 4 is 0 Å². The van der Waals surface area contributed by atoms with E-state index in [-0.39, 0.29) is 6.04 Å². The maximum absolute atomic E-state index is 5.48. The molecule has 0 amide bonds. The summed E-state index contributed by atoms with van der Waals surface area (Å²) in [5, 5.41) is 3.50. The fourth-order valence-corrected chi connectivity index (χ4v) is 2.64. The Morgan fingerprint density at radius 3 is 2.25 bits per heavy atom. The van der Waals surface area contributed by atoms with E-state index >= 15 is 0 Å². The minimum Gasteiger partial charge on any atom is -0.497 e. The molecule has 0 bridgehead atoms. The van der Waals surface area contributed by atoms with Gasteiger partial charge >= 0.3 is 0 Å². The minimum atomic E-state index is 0.0750. The van der Waals surface area contributed by atoms with Crippen LogP contribution in [0.25, 0.3) is 0 Å². The smallest absolute Gasteiger partial charge is 0.165 e. The standard InChI is InChI=1S/C19H25NO4/c1-13(16-11-15(21-2)9-10-17(16)22-3)20-12-14-7-6-8-18(23-4)19(14)24-5/h6-11,13,20H,12H2,1-5H3/t13-/m1/s1. The number of methoxy groups -OCH3 is 4. The van der Waals surface area contributed by atoms with Crippen LogP contribution >= 0.6 is 0 Å². The summed E-state index contributed by atoms with van der Waals surface area (Å²) in [6.07, 6.45) is 0. The minimum absolute atomic E-state index is 0.0750. The van der Waals surface area contributed by atoms with Gasteiger partial charge in [-0.05, 0) is 31.2 Å². The van der Waals surface area contributed by atoms with Crippen molar-refractivity contribution in [2.75, 3.05) is 28.4 Å². The predicted molar refractivity (Wildman–Crippen MR) is 94.3 cm³/mol. The van der Waals surface area contributed by atoms with Gasteiger partial charge in [-0.2, -0.15) is 0 Å². The molecule has 1 atom stereocenters. The Hall–Kier alpha value is -2.40. The lowest BCUT2D eigenvalue weighted by molar-refractivity contribution is 0.349. The van der Waals surface area contributed by atoms with E-state index in [4.69, 9.17) is 18.9 Å². The molecule has 0 saturated carbocycles. The number of benzene rings is 2. The van der Waals surface area contributed by atoms with Crippen molar-refractivity contribution in [1.29, 1.82) is 0 Å². The van der Waals surface area contributed by atoms with Gasteiger partial charge in [0.15, 0.2) is 11.5 Å². The second kappa shape index (κ2) is 8.45. The van der Waals surface area contributed by atoms with E-state index in [1.165, 1.54) is 0 Å². The number of ether oxygens (including phenoxy) is 4. The second-order valence-corrected chi connectivity index (χ2v) is 5.36. The molecule has 0 aliphatic heterocycles. The molecule has 5 nitrogen and oxygen atoms in total. The first kappa shape index (κ1) is 17.9. The van der Waals surface area contributed by atoms with Crippen molar-refractivity contribution in [1.82, 2.24) is 5.32 Å². The van der Waals surface area contributed by atoms with Crippen LogP contribution in [0.3, 0.4) is 0 Å². The highest BCUT2D eigenvalue weighted by molar-refractivity contribution is 5.47. The summed E-state index contributed by atoms with van der Waals surface area (Å²) in [7, 11) is 6.61. The molecule has 2 aromatic carbocycles. The Labute approximate surface area is 143 Å². The highest BCUT2D eigenvalue weighted by Gasteiger charge is 2.15. The van der Waals surface area contributed by atoms with Gasteiger partial charge in [-0.3, -0.25) is 0 Å². The topological polar surface area (TPSA) is 49.0 Å². The molecular formula is C19H25NO4. The Balaban J connectivity index is 2.18. The van der Waals surface area contributed by atoms with Gasteiger partial charge in [0.25, 0.3) is 0 Å². The Kier molecular flexibility index (Phi) is 6.32. The molecule has 0 aliphatic rings. The van der Waals surface area contributed by atoms with Gasteiger partial charge in [0, 0.05) is 23.7 Å². The third kappa shape index (κ3) is 3.92. The first-order valence-electron chi connectivity index (χ1n) is 7.79. The van der Waals surface area contributed by atoms with Gasteiger partial charge in [0.1, 0.15) is 11.5 Å². The van der Waals surface area contributed by atoms with Gasteiger partial charge in [-0.15, -0.1) is 0 Å². The summed E-state index contributed by atoms with van der Waals surface area (Å²) in [4.78, 5) is 0. The highest BCUT2D eigenvalue weighted by atomic mass is 16.5. The maximum atomic E-state index is 5.48. The quantitative estimate of drug-likeness (QED) is 0.801. The van der Waals surface area contributed by atoms with Gasteiger partial charge in [-0.1, -0.05) is 12.1 Å². The average Bonchev–Trinajstić information content (AvgIpc) is 2.64. The van der Waals surface area contributed by atoms with Crippen molar-refractivity contribution in [2.45, 2.75) is 19.5 Å². The average molecular weight is 331 g/mol. The first-order chi connectivity index (χ1) is 11.6. The predicted octanol–water partition coefficient (Wildman–Crippen LogP) is 3.57. The van der Waals surface area contributed by atoms with Crippen LogP contribution in [0.5, 0.6) is 23.0 Å². The summed E-state index contributed by atoms with van der Waals surface area (Å²) in [5.41, 5.74) is 2.07. The monoisotopic (exact) mass is 331 g/mol. The van der Waals surface area contributed by atoms with Crippen LogP contribution < -0.4 is 24.3 Å². The van der Waals surface area contributed by atoms with E-state index in [1.54, 1.807) is 28.4 Å². The summed E-state index contributed by atoms with van der Waals surface area (Å²) < 4.78 is 21.6. The van der Waals surface area contributed by atoms with Gasteiger partial charge < -0.3 is 24.3 Å². The summed E-state index contributed by atoms with van der Waals surface area (Å²) in [5.74, 6) is 3.10. The third-order valence-electron chi connectivity index (χ3n) is 3.99. The fraction of sp³-hybridized carbons (Fsp3) is 0.368. The second-order valence-electron chi connectivity index (χ2n) is 5.36. The molecular weight excluding hydrogens is 306 g/mol. The molecule has 24 heavy (non-hydrogen) atoms. The lowest BCUT2D eigenvalue weighted by atomic mass is 10.1. The van der Waals surface area contributed by atoms with Crippen LogP contribution in [0.15, 0.2) is 36.4 Å². The molecule has 130 valence electrons. The van der Waals surface area contributed by atoms with Crippen molar-refractivity contribution in [2.24, 2.45) is 0 Å². The molecule has 2 aromatic rings. The van der Waals surface area contributed by atoms with E-state index in [0.29, 0.717) is 6.54 Å². The van der Waals surface area contributed by atoms with Crippen LogP contribution in [0.4, 0.5) is 0 Å². The molecule has 2 rings (SSSR count). The first-order valence-corrected chi connectivity index (χ1v) is 7.79. The van der Waals surface area contributed by atoms with Crippen LogP contribution in [0.1, 0.15) is 24.1 Å². The van der Waals surface area contributed by atoms with E-state index in [2.05, 4.69) is 12.2 Å². The van der Waals surface area contributed by atoms with Crippen molar-refractivity contribution in [3.05, 3.63) is 47.5 Å². The Bertz CT molecular complexity index is 672. The summed E-state index contributed by atoms with van der Waals surface area (Å²) >= 11 is 0. The van der Waals surface area contributed by atoms with Crippen molar-refractivity contribution in [3.8, 4) is 23.0 Å². The molecule has 0 unspecified atom stereocenters. The van der Waals surface area contributed by atoms with Crippen molar-refractivity contribution < 1.29 is 18.9 Å². The van der Waals surface area contributed by atoms with Gasteiger partial charge in [-0.25, -0.2) is 0 Å². The molecule has 1 N–H and O–H groups in total. The fourth-order valence-electron chi connectivity index (χ4n) is 2.64. The molecule has 0 radical (unpaired) electrons. The normalized spacial score (nSPS) is 11.7. The molecule has 0 saturated heterocycles. The van der Waals surface area contributed by atoms with Crippen LogP contribution in [-0.2, 0) is 6.54 Å². The van der Waals surface area contributed by atoms with Crippen LogP contribution in [0, 0.1) is 0 Å².